The highest BCUT2D eigenvalue weighted by Crippen LogP contribution is 2.48. The zero-order chi connectivity index (χ0) is 33.9. The Morgan fingerprint density at radius 1 is 0.933 bits per heavy atom. The molecule has 2 aliphatic rings. The predicted octanol–water partition coefficient (Wildman–Crippen LogP) is -2.24. The topological polar surface area (TPSA) is 282 Å². The maximum absolute atomic E-state index is 13.9. The number of esters is 1. The van der Waals surface area contributed by atoms with Crippen LogP contribution in [0.3, 0.4) is 0 Å². The summed E-state index contributed by atoms with van der Waals surface area (Å²) < 4.78 is 29.6. The third kappa shape index (κ3) is 6.05. The second-order valence-electron chi connectivity index (χ2n) is 10.3. The Morgan fingerprint density at radius 2 is 1.51 bits per heavy atom. The Kier molecular flexibility index (Phi) is 10.1. The van der Waals surface area contributed by atoms with Gasteiger partial charge in [-0.3, -0.25) is 4.79 Å². The number of ketones is 1. The fourth-order valence-corrected chi connectivity index (χ4v) is 5.36. The van der Waals surface area contributed by atoms with Crippen molar-refractivity contribution in [3.63, 3.8) is 0 Å². The summed E-state index contributed by atoms with van der Waals surface area (Å²) in [6.07, 6.45) is -16.4. The quantitative estimate of drug-likeness (QED) is 0.0323. The van der Waals surface area contributed by atoms with Crippen molar-refractivity contribution < 1.29 is 70.8 Å². The first-order valence-electron chi connectivity index (χ1n) is 14.1. The number of carbonyl (C=O) groups is 2. The van der Waals surface area contributed by atoms with E-state index in [0.717, 1.165) is 0 Å². The van der Waals surface area contributed by atoms with Crippen molar-refractivity contribution >= 4 is 11.8 Å². The SMILES string of the molecule is [2H]C(CN=[N+]=[N-])OC1(O)O[C@H](CO)[C@@H](OC(=O)c2ccccc2)[C@H](O)[C@@]1(O)[C@H]1O[C@H](CO)[C@@H](O)[C@H](O)[C@@]1(O)C(=O)c1ccccc1. The summed E-state index contributed by atoms with van der Waals surface area (Å²) in [5.74, 6) is -6.36. The van der Waals surface area contributed by atoms with Gasteiger partial charge in [0.1, 0.15) is 36.6 Å². The van der Waals surface area contributed by atoms with Gasteiger partial charge in [-0.25, -0.2) is 4.79 Å². The van der Waals surface area contributed by atoms with Crippen molar-refractivity contribution in [1.82, 2.24) is 0 Å². The third-order valence-corrected chi connectivity index (χ3v) is 7.69. The van der Waals surface area contributed by atoms with Crippen LogP contribution in [0.25, 0.3) is 10.4 Å². The largest absolute Gasteiger partial charge is 0.453 e. The van der Waals surface area contributed by atoms with Gasteiger partial charge in [-0.2, -0.15) is 0 Å². The van der Waals surface area contributed by atoms with Crippen LogP contribution in [0.5, 0.6) is 0 Å². The molecule has 17 nitrogen and oxygen atoms in total. The number of ether oxygens (including phenoxy) is 4. The number of hydrogen-bond acceptors (Lipinski definition) is 15. The summed E-state index contributed by atoms with van der Waals surface area (Å²) in [6, 6.07) is 13.8. The minimum atomic E-state index is -3.80. The summed E-state index contributed by atoms with van der Waals surface area (Å²) in [7, 11) is 0. The van der Waals surface area contributed by atoms with Gasteiger partial charge in [0.25, 0.3) is 0 Å². The number of rotatable bonds is 11. The fourth-order valence-electron chi connectivity index (χ4n) is 5.36. The lowest BCUT2D eigenvalue weighted by molar-refractivity contribution is -0.502. The standard InChI is InChI=1S/C28H33N3O14/c29-31-30-11-12-42-28(41)27(40,23(37)20(18(14-33)45-28)44-24(38)16-9-5-2-6-10-16)25-26(39,21(35)15-7-3-1-4-8-15)22(36)19(34)17(13-32)43-25/h1-10,17-20,22-23,25,32-34,36-37,39-41H,11-14H2/t17-,18-,19-,20-,22+,23+,25+,26+,27-,28?/m1/s1/i12D/t12?,17-,18-,19-,20-,22+,23+,25+,26+,27-,28?. The molecular formula is C28H33N3O14. The Labute approximate surface area is 256 Å². The van der Waals surface area contributed by atoms with Gasteiger partial charge in [0.15, 0.2) is 17.5 Å². The Bertz CT molecular complexity index is 1420. The van der Waals surface area contributed by atoms with Gasteiger partial charge >= 0.3 is 11.9 Å². The Hall–Kier alpha value is -3.55. The van der Waals surface area contributed by atoms with Crippen molar-refractivity contribution in [1.29, 1.82) is 0 Å². The van der Waals surface area contributed by atoms with Crippen LogP contribution in [-0.2, 0) is 18.9 Å². The molecule has 244 valence electrons. The number of hydrogen-bond donors (Lipinski definition) is 8. The summed E-state index contributed by atoms with van der Waals surface area (Å²) in [4.78, 5) is 29.3. The van der Waals surface area contributed by atoms with E-state index in [4.69, 9.17) is 25.8 Å². The molecule has 0 saturated carbocycles. The molecule has 11 atom stereocenters. The average molecular weight is 637 g/mol. The van der Waals surface area contributed by atoms with E-state index in [9.17, 15) is 50.4 Å². The van der Waals surface area contributed by atoms with Gasteiger partial charge in [0, 0.05) is 17.0 Å². The first-order chi connectivity index (χ1) is 21.8. The van der Waals surface area contributed by atoms with Crippen molar-refractivity contribution in [2.45, 2.75) is 59.9 Å². The smallest absolute Gasteiger partial charge is 0.338 e. The van der Waals surface area contributed by atoms with Gasteiger partial charge in [-0.15, -0.1) is 0 Å². The van der Waals surface area contributed by atoms with E-state index >= 15 is 0 Å². The molecule has 8 N–H and O–H groups in total. The van der Waals surface area contributed by atoms with E-state index in [2.05, 4.69) is 10.0 Å². The van der Waals surface area contributed by atoms with Crippen molar-refractivity contribution in [2.24, 2.45) is 5.11 Å². The van der Waals surface area contributed by atoms with Crippen LogP contribution in [0.2, 0.25) is 0 Å². The van der Waals surface area contributed by atoms with Crippen LogP contribution in [0.4, 0.5) is 0 Å². The molecule has 0 amide bonds. The molecule has 0 radical (unpaired) electrons. The molecule has 2 aromatic rings. The number of Topliss-reactive ketones (excluding diaryl/α,β-unsaturated/α-hetero) is 1. The van der Waals surface area contributed by atoms with E-state index in [1.165, 1.54) is 54.6 Å². The minimum Gasteiger partial charge on any atom is -0.453 e. The summed E-state index contributed by atoms with van der Waals surface area (Å²) in [5.41, 5.74) is 0.969. The van der Waals surface area contributed by atoms with Crippen molar-refractivity contribution in [3.8, 4) is 0 Å². The highest BCUT2D eigenvalue weighted by molar-refractivity contribution is 6.03. The molecule has 2 saturated heterocycles. The van der Waals surface area contributed by atoms with E-state index in [1.54, 1.807) is 6.07 Å². The lowest BCUT2D eigenvalue weighted by Crippen LogP contribution is -2.85. The Balaban J connectivity index is 1.92. The van der Waals surface area contributed by atoms with Crippen LogP contribution < -0.4 is 0 Å². The summed E-state index contributed by atoms with van der Waals surface area (Å²) in [6.45, 7) is -5.19. The molecule has 0 spiro atoms. The zero-order valence-electron chi connectivity index (χ0n) is 24.4. The van der Waals surface area contributed by atoms with Gasteiger partial charge in [-0.1, -0.05) is 53.6 Å². The van der Waals surface area contributed by atoms with Gasteiger partial charge in [-0.05, 0) is 17.7 Å². The molecule has 0 aliphatic carbocycles. The predicted molar refractivity (Wildman–Crippen MR) is 147 cm³/mol. The number of aliphatic hydroxyl groups is 8. The molecule has 2 fully saturated rings. The van der Waals surface area contributed by atoms with E-state index < -0.39 is 98.0 Å². The number of nitrogens with zero attached hydrogens (tertiary/aromatic N) is 3. The first-order valence-corrected chi connectivity index (χ1v) is 13.5. The monoisotopic (exact) mass is 636 g/mol. The van der Waals surface area contributed by atoms with Gasteiger partial charge < -0.3 is 59.8 Å². The Morgan fingerprint density at radius 3 is 2.07 bits per heavy atom. The van der Waals surface area contributed by atoms with Crippen LogP contribution in [0, 0.1) is 0 Å². The second kappa shape index (κ2) is 13.8. The molecule has 2 heterocycles. The lowest BCUT2D eigenvalue weighted by atomic mass is 9.67. The third-order valence-electron chi connectivity index (χ3n) is 7.69. The number of aliphatic hydroxyl groups excluding tert-OH is 5. The first kappa shape index (κ1) is 32.8. The fraction of sp³-hybridized carbons (Fsp3) is 0.500. The van der Waals surface area contributed by atoms with Crippen molar-refractivity contribution in [2.75, 3.05) is 26.3 Å². The van der Waals surface area contributed by atoms with E-state index in [-0.39, 0.29) is 11.1 Å². The highest BCUT2D eigenvalue weighted by Gasteiger charge is 2.77. The molecule has 17 heteroatoms. The van der Waals surface area contributed by atoms with Crippen LogP contribution >= 0.6 is 0 Å². The van der Waals surface area contributed by atoms with Crippen LogP contribution in [-0.4, -0.2) is 139 Å². The average Bonchev–Trinajstić information content (AvgIpc) is 3.07. The van der Waals surface area contributed by atoms with Gasteiger partial charge in [0.2, 0.25) is 5.60 Å². The van der Waals surface area contributed by atoms with Crippen LogP contribution in [0.15, 0.2) is 65.8 Å². The number of azide groups is 1. The second-order valence-corrected chi connectivity index (χ2v) is 10.3. The molecular weight excluding hydrogens is 602 g/mol. The minimum absolute atomic E-state index is 0.0730. The molecule has 0 bridgehead atoms. The molecule has 45 heavy (non-hydrogen) atoms. The maximum atomic E-state index is 13.9. The number of benzene rings is 2. The van der Waals surface area contributed by atoms with E-state index in [1.807, 2.05) is 0 Å². The molecule has 0 aromatic heterocycles. The lowest BCUT2D eigenvalue weighted by Gasteiger charge is -2.59. The zero-order valence-corrected chi connectivity index (χ0v) is 23.4. The summed E-state index contributed by atoms with van der Waals surface area (Å²) >= 11 is 0. The molecule has 4 rings (SSSR count). The van der Waals surface area contributed by atoms with E-state index in [0.29, 0.717) is 0 Å². The maximum Gasteiger partial charge on any atom is 0.338 e. The van der Waals surface area contributed by atoms with Crippen LogP contribution in [0.1, 0.15) is 22.1 Å². The molecule has 2 unspecified atom stereocenters. The summed E-state index contributed by atoms with van der Waals surface area (Å²) in [5, 5.41) is 92.9. The number of carbonyl (C=O) groups excluding carboxylic acids is 2. The highest BCUT2D eigenvalue weighted by atomic mass is 16.8. The molecule has 2 aromatic carbocycles. The van der Waals surface area contributed by atoms with Crippen molar-refractivity contribution in [3.05, 3.63) is 82.2 Å². The van der Waals surface area contributed by atoms with Gasteiger partial charge in [0.05, 0.1) is 26.7 Å². The normalized spacial score (nSPS) is 37.5. The molecule has 2 aliphatic heterocycles.